The number of rotatable bonds is 6. The van der Waals surface area contributed by atoms with Crippen molar-refractivity contribution in [2.45, 2.75) is 50.7 Å². The molecule has 2 rings (SSSR count). The van der Waals surface area contributed by atoms with Crippen LogP contribution >= 0.6 is 0 Å². The molecule has 1 amide bonds. The van der Waals surface area contributed by atoms with E-state index in [-0.39, 0.29) is 6.07 Å². The number of aromatic nitrogens is 3. The Labute approximate surface area is 192 Å². The Morgan fingerprint density at radius 2 is 1.77 bits per heavy atom. The third-order valence-electron chi connectivity index (χ3n) is 4.06. The minimum Gasteiger partial charge on any atom is -0.476 e. The maximum Gasteiger partial charge on any atom is 0.426 e. The van der Waals surface area contributed by atoms with Crippen LogP contribution in [0.25, 0.3) is 11.6 Å². The number of pyridine rings is 1. The van der Waals surface area contributed by atoms with Gasteiger partial charge in [0.25, 0.3) is 11.8 Å². The van der Waals surface area contributed by atoms with Crippen LogP contribution in [0.15, 0.2) is 23.1 Å². The number of carboxylic acid groups (broad SMARTS) is 1. The quantitative estimate of drug-likeness (QED) is 0.375. The number of hydrogen-bond acceptors (Lipinski definition) is 8. The van der Waals surface area contributed by atoms with E-state index in [1.54, 1.807) is 0 Å². The number of anilines is 1. The minimum atomic E-state index is -5.34. The molecule has 0 radical (unpaired) electrons. The van der Waals surface area contributed by atoms with Crippen LogP contribution in [0.1, 0.15) is 49.1 Å². The molecule has 0 aliphatic carbocycles. The van der Waals surface area contributed by atoms with E-state index in [0.29, 0.717) is 6.08 Å². The van der Waals surface area contributed by atoms with E-state index >= 15 is 0 Å². The van der Waals surface area contributed by atoms with Gasteiger partial charge in [0.05, 0.1) is 11.3 Å². The van der Waals surface area contributed by atoms with E-state index < -0.39 is 76.5 Å². The van der Waals surface area contributed by atoms with Gasteiger partial charge in [-0.05, 0) is 26.8 Å². The van der Waals surface area contributed by atoms with E-state index in [1.807, 2.05) is 5.32 Å². The number of nitrogens with zero attached hydrogens (tertiary/aromatic N) is 3. The van der Waals surface area contributed by atoms with Crippen LogP contribution in [0.4, 0.5) is 36.8 Å². The topological polar surface area (TPSA) is 148 Å². The van der Waals surface area contributed by atoms with Gasteiger partial charge < -0.3 is 19.4 Å². The average Bonchev–Trinajstić information content (AvgIpc) is 3.14. The Balaban J connectivity index is 2.75. The van der Waals surface area contributed by atoms with Crippen molar-refractivity contribution in [3.05, 3.63) is 35.9 Å². The lowest BCUT2D eigenvalue weighted by atomic mass is 9.99. The number of amides is 1. The number of nitrogens with one attached hydrogen (secondary N) is 1. The molecule has 0 fully saturated rings. The molecule has 1 atom stereocenters. The second kappa shape index (κ2) is 9.16. The molecule has 0 aliphatic heterocycles. The summed E-state index contributed by atoms with van der Waals surface area (Å²) in [5.41, 5.74) is -10.00. The Bertz CT molecular complexity index is 1140. The Kier molecular flexibility index (Phi) is 7.21. The zero-order valence-corrected chi connectivity index (χ0v) is 18.2. The molecule has 0 saturated heterocycles. The third kappa shape index (κ3) is 6.06. The molecular weight excluding hydrogens is 494 g/mol. The molecule has 0 aliphatic rings. The van der Waals surface area contributed by atoms with Crippen LogP contribution in [-0.4, -0.2) is 49.2 Å². The lowest BCUT2D eigenvalue weighted by Gasteiger charge is -2.25. The van der Waals surface area contributed by atoms with E-state index in [4.69, 9.17) is 9.15 Å². The lowest BCUT2D eigenvalue weighted by Crippen LogP contribution is -2.42. The minimum absolute atomic E-state index is 0.166. The van der Waals surface area contributed by atoms with E-state index in [2.05, 4.69) is 21.8 Å². The number of aromatic carboxylic acids is 1. The molecule has 0 saturated carbocycles. The highest BCUT2D eigenvalue weighted by Crippen LogP contribution is 2.43. The van der Waals surface area contributed by atoms with Crippen LogP contribution in [0.5, 0.6) is 0 Å². The first-order chi connectivity index (χ1) is 15.8. The number of carbonyl (C=O) groups excluding carboxylic acids is 1. The van der Waals surface area contributed by atoms with E-state index in [0.717, 1.165) is 0 Å². The van der Waals surface area contributed by atoms with Gasteiger partial charge in [-0.3, -0.25) is 5.32 Å². The molecule has 0 unspecified atom stereocenters. The highest BCUT2D eigenvalue weighted by Gasteiger charge is 2.58. The molecule has 2 heterocycles. The van der Waals surface area contributed by atoms with E-state index in [1.165, 1.54) is 20.8 Å². The summed E-state index contributed by atoms with van der Waals surface area (Å²) in [5.74, 6) is -4.61. The van der Waals surface area contributed by atoms with Gasteiger partial charge in [0.2, 0.25) is 5.60 Å². The Morgan fingerprint density at radius 1 is 1.17 bits per heavy atom. The average molecular weight is 512 g/mol. The molecule has 192 valence electrons. The summed E-state index contributed by atoms with van der Waals surface area (Å²) in [6.45, 7) is 7.39. The van der Waals surface area contributed by atoms with Gasteiger partial charge in [0.15, 0.2) is 11.4 Å². The van der Waals surface area contributed by atoms with Gasteiger partial charge in [-0.15, -0.1) is 16.8 Å². The largest absolute Gasteiger partial charge is 0.476 e. The van der Waals surface area contributed by atoms with Crippen molar-refractivity contribution < 1.29 is 55.3 Å². The summed E-state index contributed by atoms with van der Waals surface area (Å²) in [7, 11) is 0. The van der Waals surface area contributed by atoms with Crippen molar-refractivity contribution in [1.29, 1.82) is 0 Å². The predicted molar refractivity (Wildman–Crippen MR) is 104 cm³/mol. The first-order valence-corrected chi connectivity index (χ1v) is 9.40. The van der Waals surface area contributed by atoms with Crippen molar-refractivity contribution in [3.63, 3.8) is 0 Å². The van der Waals surface area contributed by atoms with Gasteiger partial charge in [-0.2, -0.15) is 26.3 Å². The summed E-state index contributed by atoms with van der Waals surface area (Å²) in [6, 6.07) is 0.166. The molecular formula is C19H18F6N4O6. The van der Waals surface area contributed by atoms with Gasteiger partial charge >= 0.3 is 24.4 Å². The molecule has 0 aromatic carbocycles. The van der Waals surface area contributed by atoms with Crippen molar-refractivity contribution in [1.82, 2.24) is 15.2 Å². The fraction of sp³-hybridized carbons (Fsp3) is 0.421. The molecule has 2 aromatic rings. The van der Waals surface area contributed by atoms with Crippen LogP contribution < -0.4 is 5.32 Å². The second-order valence-electron chi connectivity index (χ2n) is 7.97. The monoisotopic (exact) mass is 512 g/mol. The van der Waals surface area contributed by atoms with Crippen LogP contribution in [0.3, 0.4) is 0 Å². The summed E-state index contributed by atoms with van der Waals surface area (Å²) in [4.78, 5) is 26.9. The van der Waals surface area contributed by atoms with Crippen molar-refractivity contribution in [2.24, 2.45) is 0 Å². The van der Waals surface area contributed by atoms with Crippen molar-refractivity contribution in [3.8, 4) is 11.6 Å². The molecule has 16 heteroatoms. The zero-order chi connectivity index (χ0) is 27.0. The molecule has 3 N–H and O–H groups in total. The fourth-order valence-corrected chi connectivity index (χ4v) is 2.58. The number of aliphatic hydroxyl groups is 1. The number of halogens is 6. The number of ether oxygens (including phenoxy) is 1. The SMILES string of the molecule is C=CC[C@@](O)(c1nnc(-c2nc(C(=O)O)c(C(F)(F)F)cc2NC(=O)OC(C)(C)C)o1)C(F)(F)F. The predicted octanol–water partition coefficient (Wildman–Crippen LogP) is 4.52. The fourth-order valence-electron chi connectivity index (χ4n) is 2.58. The highest BCUT2D eigenvalue weighted by molar-refractivity contribution is 5.93. The standard InChI is InChI=1S/C19H18F6N4O6/c1-5-6-17(33,19(23,24)25)14-29-28-12(34-14)11-9(26-15(32)35-16(2,3)4)7-8(18(20,21)22)10(27-11)13(30)31/h5,7,33H,1,6H2,2-4H3,(H,26,32)(H,30,31)/t17-/m1/s1. The molecule has 10 nitrogen and oxygen atoms in total. The smallest absolute Gasteiger partial charge is 0.426 e. The summed E-state index contributed by atoms with van der Waals surface area (Å²) < 4.78 is 90.4. The summed E-state index contributed by atoms with van der Waals surface area (Å²) >= 11 is 0. The number of alkyl halides is 6. The van der Waals surface area contributed by atoms with Crippen molar-refractivity contribution in [2.75, 3.05) is 5.32 Å². The molecule has 35 heavy (non-hydrogen) atoms. The maximum absolute atomic E-state index is 13.4. The summed E-state index contributed by atoms with van der Waals surface area (Å²) in [6.07, 6.45) is -12.4. The van der Waals surface area contributed by atoms with Gasteiger partial charge in [-0.25, -0.2) is 14.6 Å². The van der Waals surface area contributed by atoms with Gasteiger partial charge in [-0.1, -0.05) is 6.08 Å². The molecule has 2 aromatic heterocycles. The maximum atomic E-state index is 13.4. The second-order valence-corrected chi connectivity index (χ2v) is 7.97. The Morgan fingerprint density at radius 3 is 2.23 bits per heavy atom. The Hall–Kier alpha value is -3.69. The number of carbonyl (C=O) groups is 2. The zero-order valence-electron chi connectivity index (χ0n) is 18.2. The number of hydrogen-bond donors (Lipinski definition) is 3. The third-order valence-corrected chi connectivity index (χ3v) is 4.06. The van der Waals surface area contributed by atoms with Crippen LogP contribution in [-0.2, 0) is 16.5 Å². The van der Waals surface area contributed by atoms with Crippen LogP contribution in [0, 0.1) is 0 Å². The lowest BCUT2D eigenvalue weighted by molar-refractivity contribution is -0.273. The first kappa shape index (κ1) is 27.6. The van der Waals surface area contributed by atoms with E-state index in [9.17, 15) is 46.1 Å². The number of carboxylic acids is 1. The molecule has 0 spiro atoms. The molecule has 0 bridgehead atoms. The van der Waals surface area contributed by atoms with Gasteiger partial charge in [0, 0.05) is 6.42 Å². The first-order valence-electron chi connectivity index (χ1n) is 9.40. The highest BCUT2D eigenvalue weighted by atomic mass is 19.4. The van der Waals surface area contributed by atoms with Crippen LogP contribution in [0.2, 0.25) is 0 Å². The van der Waals surface area contributed by atoms with Gasteiger partial charge in [0.1, 0.15) is 5.60 Å². The summed E-state index contributed by atoms with van der Waals surface area (Å²) in [5, 5.41) is 27.5. The van der Waals surface area contributed by atoms with Crippen molar-refractivity contribution >= 4 is 17.7 Å². The normalized spacial score (nSPS) is 14.2.